The molecular formula is C14H23N2O+. The Morgan fingerprint density at radius 1 is 1.12 bits per heavy atom. The van der Waals surface area contributed by atoms with Crippen LogP contribution in [-0.2, 0) is 11.3 Å². The number of amides is 1. The molecule has 17 heavy (non-hydrogen) atoms. The number of rotatable bonds is 8. The molecule has 0 aromatic carbocycles. The third-order valence-corrected chi connectivity index (χ3v) is 2.73. The Bertz CT molecular complexity index is 311. The Morgan fingerprint density at radius 3 is 2.59 bits per heavy atom. The van der Waals surface area contributed by atoms with Crippen LogP contribution in [0.4, 0.5) is 0 Å². The molecule has 1 aromatic heterocycles. The van der Waals surface area contributed by atoms with Crippen molar-refractivity contribution in [2.45, 2.75) is 45.6 Å². The quantitative estimate of drug-likeness (QED) is 0.543. The van der Waals surface area contributed by atoms with Crippen molar-refractivity contribution in [3.63, 3.8) is 0 Å². The average molecular weight is 235 g/mol. The lowest BCUT2D eigenvalue weighted by Gasteiger charge is -2.03. The first-order valence-corrected chi connectivity index (χ1v) is 6.53. The van der Waals surface area contributed by atoms with E-state index in [1.165, 1.54) is 19.3 Å². The number of hydrogen-bond acceptors (Lipinski definition) is 1. The largest absolute Gasteiger partial charge is 0.356 e. The van der Waals surface area contributed by atoms with Crippen molar-refractivity contribution >= 4 is 5.91 Å². The van der Waals surface area contributed by atoms with E-state index in [0.717, 1.165) is 19.5 Å². The van der Waals surface area contributed by atoms with Crippen molar-refractivity contribution in [3.8, 4) is 0 Å². The Hall–Kier alpha value is -1.38. The first-order valence-electron chi connectivity index (χ1n) is 6.53. The number of pyridine rings is 1. The summed E-state index contributed by atoms with van der Waals surface area (Å²) in [6, 6.07) is 5.93. The predicted molar refractivity (Wildman–Crippen MR) is 68.4 cm³/mol. The summed E-state index contributed by atoms with van der Waals surface area (Å²) in [5.74, 6) is 0.151. The van der Waals surface area contributed by atoms with Crippen LogP contribution in [0.2, 0.25) is 0 Å². The number of aryl methyl sites for hydroxylation is 1. The van der Waals surface area contributed by atoms with Gasteiger partial charge in [0.15, 0.2) is 18.9 Å². The molecular weight excluding hydrogens is 212 g/mol. The molecule has 0 aliphatic rings. The minimum absolute atomic E-state index is 0.151. The second kappa shape index (κ2) is 8.74. The zero-order chi connectivity index (χ0) is 12.3. The summed E-state index contributed by atoms with van der Waals surface area (Å²) in [7, 11) is 0. The fourth-order valence-corrected chi connectivity index (χ4v) is 1.68. The van der Waals surface area contributed by atoms with E-state index >= 15 is 0 Å². The van der Waals surface area contributed by atoms with Gasteiger partial charge in [0.25, 0.3) is 0 Å². The van der Waals surface area contributed by atoms with Crippen LogP contribution in [0.25, 0.3) is 0 Å². The van der Waals surface area contributed by atoms with Gasteiger partial charge in [0.05, 0.1) is 6.42 Å². The van der Waals surface area contributed by atoms with E-state index in [1.807, 2.05) is 35.2 Å². The number of aromatic nitrogens is 1. The maximum atomic E-state index is 11.5. The monoisotopic (exact) mass is 235 g/mol. The van der Waals surface area contributed by atoms with Crippen molar-refractivity contribution in [1.82, 2.24) is 5.32 Å². The normalized spacial score (nSPS) is 10.2. The van der Waals surface area contributed by atoms with Crippen molar-refractivity contribution in [2.24, 2.45) is 0 Å². The van der Waals surface area contributed by atoms with E-state index in [-0.39, 0.29) is 5.91 Å². The first kappa shape index (κ1) is 13.7. The molecule has 0 unspecified atom stereocenters. The summed E-state index contributed by atoms with van der Waals surface area (Å²) in [6.45, 7) is 3.76. The third kappa shape index (κ3) is 6.72. The van der Waals surface area contributed by atoms with Gasteiger partial charge in [-0.3, -0.25) is 4.79 Å². The van der Waals surface area contributed by atoms with Crippen LogP contribution in [0.5, 0.6) is 0 Å². The van der Waals surface area contributed by atoms with Crippen LogP contribution >= 0.6 is 0 Å². The second-order valence-corrected chi connectivity index (χ2v) is 4.27. The molecule has 0 spiro atoms. The zero-order valence-corrected chi connectivity index (χ0v) is 10.7. The molecule has 94 valence electrons. The lowest BCUT2D eigenvalue weighted by molar-refractivity contribution is -0.695. The van der Waals surface area contributed by atoms with Gasteiger partial charge in [0.1, 0.15) is 0 Å². The number of unbranched alkanes of at least 4 members (excludes halogenated alkanes) is 3. The van der Waals surface area contributed by atoms with E-state index in [4.69, 9.17) is 0 Å². The summed E-state index contributed by atoms with van der Waals surface area (Å²) in [5, 5.41) is 2.96. The number of carbonyl (C=O) groups is 1. The molecule has 0 aliphatic carbocycles. The molecule has 1 N–H and O–H groups in total. The number of nitrogens with one attached hydrogen (secondary N) is 1. The number of carbonyl (C=O) groups excluding carboxylic acids is 1. The molecule has 0 bridgehead atoms. The van der Waals surface area contributed by atoms with Gasteiger partial charge in [-0.15, -0.1) is 0 Å². The van der Waals surface area contributed by atoms with Crippen LogP contribution in [0.1, 0.15) is 39.0 Å². The van der Waals surface area contributed by atoms with E-state index in [9.17, 15) is 4.79 Å². The van der Waals surface area contributed by atoms with Crippen molar-refractivity contribution in [1.29, 1.82) is 0 Å². The van der Waals surface area contributed by atoms with E-state index in [2.05, 4.69) is 12.2 Å². The number of hydrogen-bond donors (Lipinski definition) is 1. The molecule has 1 amide bonds. The summed E-state index contributed by atoms with van der Waals surface area (Å²) in [4.78, 5) is 11.5. The van der Waals surface area contributed by atoms with Crippen LogP contribution in [0.15, 0.2) is 30.6 Å². The molecule has 0 atom stereocenters. The fraction of sp³-hybridized carbons (Fsp3) is 0.571. The Kier molecular flexibility index (Phi) is 7.03. The molecule has 0 aliphatic heterocycles. The highest BCUT2D eigenvalue weighted by molar-refractivity contribution is 5.75. The van der Waals surface area contributed by atoms with Gasteiger partial charge < -0.3 is 5.32 Å². The van der Waals surface area contributed by atoms with Gasteiger partial charge in [0, 0.05) is 18.7 Å². The lowest BCUT2D eigenvalue weighted by Crippen LogP contribution is -2.36. The van der Waals surface area contributed by atoms with Crippen LogP contribution < -0.4 is 9.88 Å². The van der Waals surface area contributed by atoms with Crippen LogP contribution in [-0.4, -0.2) is 12.5 Å². The maximum absolute atomic E-state index is 11.5. The minimum atomic E-state index is 0.151. The summed E-state index contributed by atoms with van der Waals surface area (Å²) in [5.41, 5.74) is 0. The molecule has 1 aromatic rings. The third-order valence-electron chi connectivity index (χ3n) is 2.73. The molecule has 1 rings (SSSR count). The lowest BCUT2D eigenvalue weighted by atomic mass is 10.2. The second-order valence-electron chi connectivity index (χ2n) is 4.27. The summed E-state index contributed by atoms with van der Waals surface area (Å²) < 4.78 is 2.02. The van der Waals surface area contributed by atoms with E-state index in [1.54, 1.807) is 0 Å². The predicted octanol–water partition coefficient (Wildman–Crippen LogP) is 2.06. The van der Waals surface area contributed by atoms with Crippen molar-refractivity contribution in [2.75, 3.05) is 6.54 Å². The molecule has 0 radical (unpaired) electrons. The van der Waals surface area contributed by atoms with E-state index in [0.29, 0.717) is 6.42 Å². The molecule has 3 heteroatoms. The topological polar surface area (TPSA) is 33.0 Å². The maximum Gasteiger partial charge on any atom is 0.226 e. The van der Waals surface area contributed by atoms with Gasteiger partial charge in [0.2, 0.25) is 5.91 Å². The van der Waals surface area contributed by atoms with E-state index < -0.39 is 0 Å². The standard InChI is InChI=1S/C14H22N2O/c1-2-3-4-6-10-15-14(17)9-13-16-11-7-5-8-12-16/h5,7-8,11-12H,2-4,6,9-10,13H2,1H3/p+1. The Morgan fingerprint density at radius 2 is 1.88 bits per heavy atom. The highest BCUT2D eigenvalue weighted by Crippen LogP contribution is 1.97. The van der Waals surface area contributed by atoms with Crippen LogP contribution in [0, 0.1) is 0 Å². The summed E-state index contributed by atoms with van der Waals surface area (Å²) in [6.07, 6.45) is 9.32. The van der Waals surface area contributed by atoms with Crippen LogP contribution in [0.3, 0.4) is 0 Å². The highest BCUT2D eigenvalue weighted by Gasteiger charge is 2.04. The van der Waals surface area contributed by atoms with Gasteiger partial charge in [-0.2, -0.15) is 0 Å². The van der Waals surface area contributed by atoms with Gasteiger partial charge in [-0.1, -0.05) is 32.3 Å². The molecule has 0 saturated carbocycles. The van der Waals surface area contributed by atoms with Gasteiger partial charge in [-0.25, -0.2) is 4.57 Å². The van der Waals surface area contributed by atoms with Crippen molar-refractivity contribution in [3.05, 3.63) is 30.6 Å². The Labute approximate surface area is 104 Å². The minimum Gasteiger partial charge on any atom is -0.356 e. The first-order chi connectivity index (χ1) is 8.33. The summed E-state index contributed by atoms with van der Waals surface area (Å²) >= 11 is 0. The molecule has 0 fully saturated rings. The zero-order valence-electron chi connectivity index (χ0n) is 10.7. The van der Waals surface area contributed by atoms with Crippen molar-refractivity contribution < 1.29 is 9.36 Å². The fourth-order valence-electron chi connectivity index (χ4n) is 1.68. The molecule has 0 saturated heterocycles. The average Bonchev–Trinajstić information content (AvgIpc) is 2.37. The van der Waals surface area contributed by atoms with Gasteiger partial charge in [-0.05, 0) is 6.42 Å². The smallest absolute Gasteiger partial charge is 0.226 e. The molecule has 3 nitrogen and oxygen atoms in total. The SMILES string of the molecule is CCCCCCNC(=O)CC[n+]1ccccc1. The Balaban J connectivity index is 2.05. The molecule has 1 heterocycles. The highest BCUT2D eigenvalue weighted by atomic mass is 16.1. The number of nitrogens with zero attached hydrogens (tertiary/aromatic N) is 1. The van der Waals surface area contributed by atoms with Gasteiger partial charge >= 0.3 is 0 Å².